The smallest absolute Gasteiger partial charge is 0.159 e. The molecule has 1 aromatic rings. The van der Waals surface area contributed by atoms with Crippen LogP contribution in [0.15, 0.2) is 24.3 Å². The molecule has 1 aromatic carbocycles. The monoisotopic (exact) mass is 244 g/mol. The van der Waals surface area contributed by atoms with Crippen LogP contribution in [0.4, 0.5) is 5.69 Å². The second-order valence-corrected chi connectivity index (χ2v) is 5.74. The van der Waals surface area contributed by atoms with E-state index in [1.54, 1.807) is 6.92 Å². The van der Waals surface area contributed by atoms with E-state index in [0.717, 1.165) is 31.7 Å². The summed E-state index contributed by atoms with van der Waals surface area (Å²) in [6.45, 7) is 6.17. The van der Waals surface area contributed by atoms with E-state index in [0.29, 0.717) is 5.41 Å². The molecule has 3 rings (SSSR count). The predicted molar refractivity (Wildman–Crippen MR) is 73.2 cm³/mol. The summed E-state index contributed by atoms with van der Waals surface area (Å²) in [7, 11) is 0. The zero-order valence-corrected chi connectivity index (χ0v) is 10.9. The number of nitrogens with zero attached hydrogens (tertiary/aromatic N) is 1. The number of carbonyl (C=O) groups is 1. The average Bonchev–Trinajstić information content (AvgIpc) is 2.37. The van der Waals surface area contributed by atoms with Gasteiger partial charge >= 0.3 is 0 Å². The van der Waals surface area contributed by atoms with Crippen molar-refractivity contribution in [1.82, 2.24) is 5.32 Å². The summed E-state index contributed by atoms with van der Waals surface area (Å²) in [6.07, 6.45) is 2.59. The normalized spacial score (nSPS) is 21.7. The standard InChI is InChI=1S/C15H20N2O/c1-12(18)13-4-2-5-14(8-13)17-7-3-6-15(11-17)9-16-10-15/h2,4-5,8,16H,3,6-7,9-11H2,1H3. The van der Waals surface area contributed by atoms with Gasteiger partial charge in [0.05, 0.1) is 0 Å². The third-order valence-corrected chi connectivity index (χ3v) is 4.28. The number of hydrogen-bond acceptors (Lipinski definition) is 3. The number of ketones is 1. The lowest BCUT2D eigenvalue weighted by atomic mass is 9.75. The second kappa shape index (κ2) is 4.39. The Labute approximate surface area is 108 Å². The Balaban J connectivity index is 1.81. The van der Waals surface area contributed by atoms with Crippen LogP contribution >= 0.6 is 0 Å². The summed E-state index contributed by atoms with van der Waals surface area (Å²) >= 11 is 0. The summed E-state index contributed by atoms with van der Waals surface area (Å²) in [5, 5.41) is 3.39. The van der Waals surface area contributed by atoms with Crippen LogP contribution in [0.25, 0.3) is 0 Å². The third kappa shape index (κ3) is 2.03. The van der Waals surface area contributed by atoms with Gasteiger partial charge in [-0.05, 0) is 31.9 Å². The van der Waals surface area contributed by atoms with Crippen LogP contribution in [0.1, 0.15) is 30.1 Å². The van der Waals surface area contributed by atoms with Gasteiger partial charge in [0.15, 0.2) is 5.78 Å². The number of Topliss-reactive ketones (excluding diaryl/α,β-unsaturated/α-hetero) is 1. The van der Waals surface area contributed by atoms with Crippen LogP contribution < -0.4 is 10.2 Å². The van der Waals surface area contributed by atoms with Gasteiger partial charge in [0, 0.05) is 42.8 Å². The zero-order valence-electron chi connectivity index (χ0n) is 10.9. The molecule has 3 heteroatoms. The summed E-state index contributed by atoms with van der Waals surface area (Å²) in [6, 6.07) is 8.05. The van der Waals surface area contributed by atoms with Gasteiger partial charge in [0.2, 0.25) is 0 Å². The Bertz CT molecular complexity index is 465. The number of nitrogens with one attached hydrogen (secondary N) is 1. The first-order valence-electron chi connectivity index (χ1n) is 6.75. The van der Waals surface area contributed by atoms with Crippen LogP contribution in [0.5, 0.6) is 0 Å². The number of anilines is 1. The van der Waals surface area contributed by atoms with E-state index in [1.165, 1.54) is 18.5 Å². The maximum atomic E-state index is 11.4. The molecule has 0 amide bonds. The molecule has 0 aromatic heterocycles. The van der Waals surface area contributed by atoms with Gasteiger partial charge < -0.3 is 10.2 Å². The first kappa shape index (κ1) is 11.7. The third-order valence-electron chi connectivity index (χ3n) is 4.28. The molecule has 2 aliphatic rings. The molecule has 18 heavy (non-hydrogen) atoms. The SMILES string of the molecule is CC(=O)c1cccc(N2CCCC3(CNC3)C2)c1. The number of piperidine rings is 1. The quantitative estimate of drug-likeness (QED) is 0.808. The van der Waals surface area contributed by atoms with Gasteiger partial charge in [-0.25, -0.2) is 0 Å². The molecule has 96 valence electrons. The van der Waals surface area contributed by atoms with Crippen LogP contribution in [-0.4, -0.2) is 32.0 Å². The Hall–Kier alpha value is -1.35. The molecule has 2 fully saturated rings. The highest BCUT2D eigenvalue weighted by molar-refractivity contribution is 5.95. The maximum Gasteiger partial charge on any atom is 0.159 e. The lowest BCUT2D eigenvalue weighted by molar-refractivity contribution is 0.101. The first-order chi connectivity index (χ1) is 8.69. The number of rotatable bonds is 2. The molecule has 0 radical (unpaired) electrons. The molecule has 0 aliphatic carbocycles. The minimum absolute atomic E-state index is 0.147. The fraction of sp³-hybridized carbons (Fsp3) is 0.533. The topological polar surface area (TPSA) is 32.3 Å². The molecule has 1 spiro atoms. The molecule has 0 unspecified atom stereocenters. The van der Waals surface area contributed by atoms with Crippen molar-refractivity contribution in [3.8, 4) is 0 Å². The molecule has 2 aliphatic heterocycles. The highest BCUT2D eigenvalue weighted by atomic mass is 16.1. The summed E-state index contributed by atoms with van der Waals surface area (Å²) < 4.78 is 0. The van der Waals surface area contributed by atoms with Crippen molar-refractivity contribution in [2.24, 2.45) is 5.41 Å². The van der Waals surface area contributed by atoms with Crippen molar-refractivity contribution in [2.75, 3.05) is 31.1 Å². The van der Waals surface area contributed by atoms with E-state index in [4.69, 9.17) is 0 Å². The molecular weight excluding hydrogens is 224 g/mol. The van der Waals surface area contributed by atoms with Gasteiger partial charge in [0.1, 0.15) is 0 Å². The lowest BCUT2D eigenvalue weighted by Crippen LogP contribution is -2.61. The van der Waals surface area contributed by atoms with Gasteiger partial charge in [-0.3, -0.25) is 4.79 Å². The van der Waals surface area contributed by atoms with E-state index in [2.05, 4.69) is 16.3 Å². The Kier molecular flexibility index (Phi) is 2.86. The minimum atomic E-state index is 0.147. The number of benzene rings is 1. The fourth-order valence-corrected chi connectivity index (χ4v) is 3.12. The highest BCUT2D eigenvalue weighted by Crippen LogP contribution is 2.35. The predicted octanol–water partition coefficient (Wildman–Crippen LogP) is 2.08. The molecule has 1 N–H and O–H groups in total. The molecule has 0 bridgehead atoms. The summed E-state index contributed by atoms with van der Waals surface area (Å²) in [5.74, 6) is 0.147. The van der Waals surface area contributed by atoms with Crippen molar-refractivity contribution in [2.45, 2.75) is 19.8 Å². The molecule has 3 nitrogen and oxygen atoms in total. The van der Waals surface area contributed by atoms with Crippen molar-refractivity contribution < 1.29 is 4.79 Å². The van der Waals surface area contributed by atoms with Crippen LogP contribution in [0, 0.1) is 5.41 Å². The average molecular weight is 244 g/mol. The second-order valence-electron chi connectivity index (χ2n) is 5.74. The Morgan fingerprint density at radius 3 is 2.89 bits per heavy atom. The zero-order chi connectivity index (χ0) is 12.6. The van der Waals surface area contributed by atoms with Gasteiger partial charge in [-0.2, -0.15) is 0 Å². The van der Waals surface area contributed by atoms with E-state index in [9.17, 15) is 4.79 Å². The summed E-state index contributed by atoms with van der Waals surface area (Å²) in [5.41, 5.74) is 2.51. The van der Waals surface area contributed by atoms with Crippen molar-refractivity contribution >= 4 is 11.5 Å². The van der Waals surface area contributed by atoms with Gasteiger partial charge in [-0.1, -0.05) is 12.1 Å². The Morgan fingerprint density at radius 1 is 1.39 bits per heavy atom. The van der Waals surface area contributed by atoms with E-state index >= 15 is 0 Å². The van der Waals surface area contributed by atoms with E-state index < -0.39 is 0 Å². The molecule has 2 saturated heterocycles. The fourth-order valence-electron chi connectivity index (χ4n) is 3.12. The van der Waals surface area contributed by atoms with E-state index in [1.807, 2.05) is 18.2 Å². The lowest BCUT2D eigenvalue weighted by Gasteiger charge is -2.50. The van der Waals surface area contributed by atoms with Crippen LogP contribution in [-0.2, 0) is 0 Å². The van der Waals surface area contributed by atoms with Crippen LogP contribution in [0.3, 0.4) is 0 Å². The molecule has 0 atom stereocenters. The minimum Gasteiger partial charge on any atom is -0.371 e. The van der Waals surface area contributed by atoms with Gasteiger partial charge in [-0.15, -0.1) is 0 Å². The van der Waals surface area contributed by atoms with Crippen molar-refractivity contribution in [3.63, 3.8) is 0 Å². The molecular formula is C15H20N2O. The largest absolute Gasteiger partial charge is 0.371 e. The van der Waals surface area contributed by atoms with E-state index in [-0.39, 0.29) is 5.78 Å². The van der Waals surface area contributed by atoms with Crippen molar-refractivity contribution in [1.29, 1.82) is 0 Å². The van der Waals surface area contributed by atoms with Gasteiger partial charge in [0.25, 0.3) is 0 Å². The molecule has 0 saturated carbocycles. The van der Waals surface area contributed by atoms with Crippen LogP contribution in [0.2, 0.25) is 0 Å². The number of carbonyl (C=O) groups excluding carboxylic acids is 1. The maximum absolute atomic E-state index is 11.4. The molecule has 2 heterocycles. The number of hydrogen-bond donors (Lipinski definition) is 1. The van der Waals surface area contributed by atoms with Crippen molar-refractivity contribution in [3.05, 3.63) is 29.8 Å². The first-order valence-corrected chi connectivity index (χ1v) is 6.75. The summed E-state index contributed by atoms with van der Waals surface area (Å²) in [4.78, 5) is 13.9. The highest BCUT2D eigenvalue weighted by Gasteiger charge is 2.40. The Morgan fingerprint density at radius 2 is 2.22 bits per heavy atom.